The first-order chi connectivity index (χ1) is 13.4. The number of carbonyl (C=O) groups is 1. The van der Waals surface area contributed by atoms with Crippen molar-refractivity contribution < 1.29 is 4.79 Å². The molecule has 0 aliphatic heterocycles. The number of rotatable bonds is 7. The smallest absolute Gasteiger partial charge is 0.151 e. The fourth-order valence-electron chi connectivity index (χ4n) is 4.42. The second-order valence-corrected chi connectivity index (χ2v) is 10.1. The van der Waals surface area contributed by atoms with Gasteiger partial charge in [-0.25, -0.2) is 0 Å². The zero-order chi connectivity index (χ0) is 20.5. The minimum absolute atomic E-state index is 0.256. The van der Waals surface area contributed by atoms with Crippen LogP contribution in [0.25, 0.3) is 10.4 Å². The zero-order valence-corrected chi connectivity index (χ0v) is 18.8. The van der Waals surface area contributed by atoms with Crippen molar-refractivity contribution in [3.63, 3.8) is 0 Å². The largest absolute Gasteiger partial charge is 0.326 e. The number of pyridine rings is 1. The highest BCUT2D eigenvalue weighted by molar-refractivity contribution is 7.16. The van der Waals surface area contributed by atoms with Gasteiger partial charge in [0.2, 0.25) is 0 Å². The summed E-state index contributed by atoms with van der Waals surface area (Å²) in [6.45, 7) is 11.7. The Hall–Kier alpha value is -1.52. The molecular weight excluding hydrogens is 364 g/mol. The number of hydrogen-bond acceptors (Lipinski definition) is 4. The molecule has 0 saturated carbocycles. The number of aromatic nitrogens is 1. The highest BCUT2D eigenvalue weighted by Crippen LogP contribution is 2.46. The lowest BCUT2D eigenvalue weighted by atomic mass is 9.76. The summed E-state index contributed by atoms with van der Waals surface area (Å²) in [5.41, 5.74) is 13.3. The number of thiophene rings is 1. The molecule has 2 aromatic rings. The molecule has 3 nitrogen and oxygen atoms in total. The molecule has 1 atom stereocenters. The van der Waals surface area contributed by atoms with Gasteiger partial charge in [0.1, 0.15) is 0 Å². The van der Waals surface area contributed by atoms with Crippen molar-refractivity contribution in [1.82, 2.24) is 4.98 Å². The normalized spacial score (nSPS) is 16.6. The van der Waals surface area contributed by atoms with Crippen LogP contribution in [0, 0.1) is 5.41 Å². The van der Waals surface area contributed by atoms with E-state index < -0.39 is 0 Å². The minimum Gasteiger partial charge on any atom is -0.326 e. The summed E-state index contributed by atoms with van der Waals surface area (Å²) in [6.07, 6.45) is 9.36. The molecule has 0 bridgehead atoms. The van der Waals surface area contributed by atoms with Gasteiger partial charge in [0.15, 0.2) is 6.29 Å². The first-order valence-corrected chi connectivity index (χ1v) is 11.5. The van der Waals surface area contributed by atoms with Crippen LogP contribution in [0.2, 0.25) is 0 Å². The van der Waals surface area contributed by atoms with Crippen molar-refractivity contribution in [3.05, 3.63) is 39.0 Å². The van der Waals surface area contributed by atoms with Crippen LogP contribution in [0.4, 0.5) is 0 Å². The minimum atomic E-state index is 0.256. The zero-order valence-electron chi connectivity index (χ0n) is 18.0. The molecule has 0 spiro atoms. The number of carbonyl (C=O) groups excluding carboxylic acids is 1. The molecular formula is C24H34N2OS. The summed E-state index contributed by atoms with van der Waals surface area (Å²) in [5, 5.41) is 0. The first-order valence-electron chi connectivity index (χ1n) is 10.7. The predicted molar refractivity (Wildman–Crippen MR) is 119 cm³/mol. The van der Waals surface area contributed by atoms with Gasteiger partial charge in [-0.15, -0.1) is 11.3 Å². The average Bonchev–Trinajstić information content (AvgIpc) is 3.03. The lowest BCUT2D eigenvalue weighted by Gasteiger charge is -2.29. The van der Waals surface area contributed by atoms with Crippen molar-refractivity contribution in [2.45, 2.75) is 85.6 Å². The molecule has 3 rings (SSSR count). The van der Waals surface area contributed by atoms with Crippen LogP contribution in [0.1, 0.15) is 97.4 Å². The lowest BCUT2D eigenvalue weighted by molar-refractivity contribution is 0.112. The topological polar surface area (TPSA) is 56.0 Å². The molecule has 1 unspecified atom stereocenters. The summed E-state index contributed by atoms with van der Waals surface area (Å²) in [7, 11) is 0. The van der Waals surface area contributed by atoms with Crippen LogP contribution in [0.3, 0.4) is 0 Å². The summed E-state index contributed by atoms with van der Waals surface area (Å²) in [6, 6.07) is 0. The highest BCUT2D eigenvalue weighted by atomic mass is 32.1. The SMILES string of the molecule is CCCc1c(C(C)CC)ncc(CN)c1-c1sc2c(c1C=O)CC(C)(C)CC2. The molecule has 2 N–H and O–H groups in total. The van der Waals surface area contributed by atoms with Crippen LogP contribution in [-0.2, 0) is 25.8 Å². The molecule has 28 heavy (non-hydrogen) atoms. The standard InChI is InChI=1S/C24H34N2OS/c1-6-8-17-21(16(12-25)13-26-22(17)15(3)7-2)23-19(14-27)18-11-24(4,5)10-9-20(18)28-23/h13-15H,6-12,25H2,1-5H3. The van der Waals surface area contributed by atoms with Crippen molar-refractivity contribution in [1.29, 1.82) is 0 Å². The van der Waals surface area contributed by atoms with Crippen LogP contribution in [-0.4, -0.2) is 11.3 Å². The number of fused-ring (bicyclic) bond motifs is 1. The Labute approximate surface area is 173 Å². The Morgan fingerprint density at radius 1 is 1.36 bits per heavy atom. The summed E-state index contributed by atoms with van der Waals surface area (Å²) in [5.74, 6) is 0.403. The Bertz CT molecular complexity index is 866. The third kappa shape index (κ3) is 3.81. The molecule has 0 aromatic carbocycles. The van der Waals surface area contributed by atoms with Gasteiger partial charge in [-0.05, 0) is 60.1 Å². The van der Waals surface area contributed by atoms with Gasteiger partial charge < -0.3 is 5.73 Å². The first kappa shape index (κ1) is 21.2. The summed E-state index contributed by atoms with van der Waals surface area (Å²) in [4.78, 5) is 19.6. The average molecular weight is 399 g/mol. The van der Waals surface area contributed by atoms with Gasteiger partial charge in [-0.2, -0.15) is 0 Å². The van der Waals surface area contributed by atoms with E-state index in [9.17, 15) is 4.79 Å². The second-order valence-electron chi connectivity index (χ2n) is 8.99. The van der Waals surface area contributed by atoms with Gasteiger partial charge in [0.25, 0.3) is 0 Å². The van der Waals surface area contributed by atoms with E-state index in [1.54, 1.807) is 0 Å². The lowest BCUT2D eigenvalue weighted by Crippen LogP contribution is -2.21. The van der Waals surface area contributed by atoms with Crippen molar-refractivity contribution >= 4 is 17.6 Å². The maximum Gasteiger partial charge on any atom is 0.151 e. The molecule has 4 heteroatoms. The Kier molecular flexibility index (Phi) is 6.41. The molecule has 0 fully saturated rings. The quantitative estimate of drug-likeness (QED) is 0.577. The summed E-state index contributed by atoms with van der Waals surface area (Å²) >= 11 is 1.82. The van der Waals surface area contributed by atoms with E-state index in [1.807, 2.05) is 17.5 Å². The molecule has 0 radical (unpaired) electrons. The fraction of sp³-hybridized carbons (Fsp3) is 0.583. The monoisotopic (exact) mass is 398 g/mol. The summed E-state index contributed by atoms with van der Waals surface area (Å²) < 4.78 is 0. The van der Waals surface area contributed by atoms with E-state index in [2.05, 4.69) is 34.6 Å². The van der Waals surface area contributed by atoms with Gasteiger partial charge in [0, 0.05) is 39.3 Å². The predicted octanol–water partition coefficient (Wildman–Crippen LogP) is 6.06. The van der Waals surface area contributed by atoms with Crippen molar-refractivity contribution in [2.75, 3.05) is 0 Å². The number of nitrogens with zero attached hydrogens (tertiary/aromatic N) is 1. The number of hydrogen-bond donors (Lipinski definition) is 1. The maximum atomic E-state index is 12.2. The molecule has 0 saturated heterocycles. The van der Waals surface area contributed by atoms with E-state index in [1.165, 1.54) is 33.7 Å². The van der Waals surface area contributed by atoms with Crippen molar-refractivity contribution in [2.24, 2.45) is 11.1 Å². The third-order valence-corrected chi connectivity index (χ3v) is 7.58. The van der Waals surface area contributed by atoms with Gasteiger partial charge in [-0.1, -0.05) is 41.0 Å². The van der Waals surface area contributed by atoms with Crippen LogP contribution in [0.15, 0.2) is 6.20 Å². The highest BCUT2D eigenvalue weighted by Gasteiger charge is 2.32. The molecule has 2 heterocycles. The molecule has 1 aliphatic rings. The number of aldehydes is 1. The second kappa shape index (κ2) is 8.46. The Morgan fingerprint density at radius 2 is 2.11 bits per heavy atom. The molecule has 0 amide bonds. The Balaban J connectivity index is 2.29. The number of nitrogens with two attached hydrogens (primary N) is 1. The maximum absolute atomic E-state index is 12.2. The fourth-order valence-corrected chi connectivity index (χ4v) is 5.82. The van der Waals surface area contributed by atoms with Gasteiger partial charge in [-0.3, -0.25) is 9.78 Å². The number of aryl methyl sites for hydroxylation is 1. The van der Waals surface area contributed by atoms with Gasteiger partial charge in [0.05, 0.1) is 0 Å². The molecule has 152 valence electrons. The van der Waals surface area contributed by atoms with E-state index in [-0.39, 0.29) is 5.41 Å². The van der Waals surface area contributed by atoms with E-state index in [0.717, 1.165) is 54.4 Å². The van der Waals surface area contributed by atoms with Crippen LogP contribution in [0.5, 0.6) is 0 Å². The van der Waals surface area contributed by atoms with Gasteiger partial charge >= 0.3 is 0 Å². The Morgan fingerprint density at radius 3 is 2.71 bits per heavy atom. The van der Waals surface area contributed by atoms with E-state index in [0.29, 0.717) is 12.5 Å². The van der Waals surface area contributed by atoms with E-state index >= 15 is 0 Å². The third-order valence-electron chi connectivity index (χ3n) is 6.25. The van der Waals surface area contributed by atoms with Crippen LogP contribution >= 0.6 is 11.3 Å². The van der Waals surface area contributed by atoms with E-state index in [4.69, 9.17) is 10.7 Å². The molecule has 2 aromatic heterocycles. The molecule has 1 aliphatic carbocycles. The van der Waals surface area contributed by atoms with Crippen molar-refractivity contribution in [3.8, 4) is 10.4 Å². The van der Waals surface area contributed by atoms with Crippen LogP contribution < -0.4 is 5.73 Å².